The zero-order valence-corrected chi connectivity index (χ0v) is 20.3. The van der Waals surface area contributed by atoms with Crippen LogP contribution in [0, 0.1) is 13.8 Å². The highest BCUT2D eigenvalue weighted by Gasteiger charge is 2.43. The Balaban J connectivity index is 1.69. The van der Waals surface area contributed by atoms with E-state index in [0.29, 0.717) is 33.5 Å². The molecule has 2 N–H and O–H groups in total. The minimum atomic E-state index is -0.688. The van der Waals surface area contributed by atoms with Crippen LogP contribution in [0.5, 0.6) is 5.75 Å². The second kappa shape index (κ2) is 9.00. The van der Waals surface area contributed by atoms with Crippen LogP contribution in [-0.2, 0) is 11.2 Å². The molecule has 0 aliphatic carbocycles. The summed E-state index contributed by atoms with van der Waals surface area (Å²) in [6, 6.07) is 17.6. The molecule has 7 nitrogen and oxygen atoms in total. The van der Waals surface area contributed by atoms with Gasteiger partial charge in [0.15, 0.2) is 12.0 Å². The maximum Gasteiger partial charge on any atom is 0.295 e. The monoisotopic (exact) mass is 482 g/mol. The van der Waals surface area contributed by atoms with Crippen molar-refractivity contribution in [1.29, 1.82) is 0 Å². The van der Waals surface area contributed by atoms with Gasteiger partial charge in [-0.15, -0.1) is 0 Å². The smallest absolute Gasteiger partial charge is 0.295 e. The quantitative estimate of drug-likeness (QED) is 0.433. The fourth-order valence-electron chi connectivity index (χ4n) is 4.60. The number of anilines is 1. The molecule has 1 unspecified atom stereocenters. The van der Waals surface area contributed by atoms with Gasteiger partial charge in [-0.1, -0.05) is 31.2 Å². The van der Waals surface area contributed by atoms with Crippen LogP contribution in [0.25, 0.3) is 11.0 Å². The minimum Gasteiger partial charge on any atom is -0.484 e. The van der Waals surface area contributed by atoms with Gasteiger partial charge in [0.1, 0.15) is 11.3 Å². The molecule has 0 bridgehead atoms. The second-order valence-corrected chi connectivity index (χ2v) is 9.03. The van der Waals surface area contributed by atoms with Crippen molar-refractivity contribution in [1.82, 2.24) is 0 Å². The zero-order valence-electron chi connectivity index (χ0n) is 20.3. The molecule has 0 radical (unpaired) electrons. The maximum atomic E-state index is 13.8. The van der Waals surface area contributed by atoms with Crippen molar-refractivity contribution in [3.63, 3.8) is 0 Å². The first-order chi connectivity index (χ1) is 17.3. The Kier molecular flexibility index (Phi) is 5.84. The summed E-state index contributed by atoms with van der Waals surface area (Å²) in [6.45, 7) is 5.70. The predicted octanol–water partition coefficient (Wildman–Crippen LogP) is 4.59. The topological polar surface area (TPSA) is 103 Å². The van der Waals surface area contributed by atoms with E-state index in [0.717, 1.165) is 23.1 Å². The van der Waals surface area contributed by atoms with E-state index in [-0.39, 0.29) is 23.7 Å². The lowest BCUT2D eigenvalue weighted by Gasteiger charge is -2.25. The molecule has 7 heteroatoms. The van der Waals surface area contributed by atoms with E-state index in [2.05, 4.69) is 6.92 Å². The van der Waals surface area contributed by atoms with E-state index in [1.165, 1.54) is 0 Å². The number of nitrogens with zero attached hydrogens (tertiary/aromatic N) is 1. The summed E-state index contributed by atoms with van der Waals surface area (Å²) in [6.07, 6.45) is 0.870. The van der Waals surface area contributed by atoms with Gasteiger partial charge < -0.3 is 14.9 Å². The SMILES string of the molecule is CCc1ccc(N2C(=O)c3oc4cc(C)c(C)cc4c(=O)c3C2c2ccc(OCC(N)=O)cc2)cc1. The number of ether oxygens (including phenoxy) is 1. The summed E-state index contributed by atoms with van der Waals surface area (Å²) in [4.78, 5) is 40.2. The fraction of sp³-hybridized carbons (Fsp3) is 0.207. The van der Waals surface area contributed by atoms with Crippen LogP contribution >= 0.6 is 0 Å². The van der Waals surface area contributed by atoms with E-state index in [1.807, 2.05) is 44.2 Å². The first-order valence-corrected chi connectivity index (χ1v) is 11.8. The average Bonchev–Trinajstić information content (AvgIpc) is 3.17. The van der Waals surface area contributed by atoms with Gasteiger partial charge in [0.05, 0.1) is 17.0 Å². The molecular weight excluding hydrogens is 456 g/mol. The Morgan fingerprint density at radius 2 is 1.67 bits per heavy atom. The fourth-order valence-corrected chi connectivity index (χ4v) is 4.60. The van der Waals surface area contributed by atoms with Gasteiger partial charge in [-0.25, -0.2) is 0 Å². The van der Waals surface area contributed by atoms with Gasteiger partial charge in [-0.2, -0.15) is 0 Å². The molecule has 3 aromatic carbocycles. The van der Waals surface area contributed by atoms with Crippen LogP contribution in [0.1, 0.15) is 51.3 Å². The molecule has 2 heterocycles. The summed E-state index contributed by atoms with van der Waals surface area (Å²) in [5, 5.41) is 0.444. The van der Waals surface area contributed by atoms with Crippen molar-refractivity contribution in [3.8, 4) is 5.75 Å². The highest BCUT2D eigenvalue weighted by atomic mass is 16.5. The molecule has 1 aromatic heterocycles. The van der Waals surface area contributed by atoms with Crippen molar-refractivity contribution >= 4 is 28.5 Å². The molecule has 1 aliphatic rings. The lowest BCUT2D eigenvalue weighted by atomic mass is 9.97. The number of amides is 2. The Morgan fingerprint density at radius 3 is 2.31 bits per heavy atom. The van der Waals surface area contributed by atoms with Gasteiger partial charge in [0, 0.05) is 5.69 Å². The first kappa shape index (κ1) is 23.4. The van der Waals surface area contributed by atoms with Crippen LogP contribution in [-0.4, -0.2) is 18.4 Å². The molecule has 5 rings (SSSR count). The molecule has 4 aromatic rings. The number of fused-ring (bicyclic) bond motifs is 2. The Morgan fingerprint density at radius 1 is 1.00 bits per heavy atom. The third kappa shape index (κ3) is 3.92. The van der Waals surface area contributed by atoms with Gasteiger partial charge in [0.25, 0.3) is 11.8 Å². The van der Waals surface area contributed by atoms with Gasteiger partial charge in [-0.3, -0.25) is 19.3 Å². The van der Waals surface area contributed by atoms with Crippen LogP contribution in [0.15, 0.2) is 69.9 Å². The highest BCUT2D eigenvalue weighted by Crippen LogP contribution is 2.41. The molecule has 0 saturated carbocycles. The van der Waals surface area contributed by atoms with E-state index in [1.54, 1.807) is 35.2 Å². The van der Waals surface area contributed by atoms with Gasteiger partial charge in [0.2, 0.25) is 5.76 Å². The first-order valence-electron chi connectivity index (χ1n) is 11.8. The molecule has 36 heavy (non-hydrogen) atoms. The summed E-state index contributed by atoms with van der Waals surface area (Å²) in [7, 11) is 0. The molecule has 1 aliphatic heterocycles. The summed E-state index contributed by atoms with van der Waals surface area (Å²) < 4.78 is 11.5. The normalized spacial score (nSPS) is 14.8. The van der Waals surface area contributed by atoms with E-state index < -0.39 is 11.9 Å². The Bertz CT molecular complexity index is 1550. The number of carbonyl (C=O) groups excluding carboxylic acids is 2. The highest BCUT2D eigenvalue weighted by molar-refractivity contribution is 6.10. The number of hydrogen-bond acceptors (Lipinski definition) is 5. The number of benzene rings is 3. The number of hydrogen-bond donors (Lipinski definition) is 1. The predicted molar refractivity (Wildman–Crippen MR) is 138 cm³/mol. The zero-order chi connectivity index (χ0) is 25.6. The summed E-state index contributed by atoms with van der Waals surface area (Å²) >= 11 is 0. The molecule has 0 saturated heterocycles. The third-order valence-electron chi connectivity index (χ3n) is 6.69. The third-order valence-corrected chi connectivity index (χ3v) is 6.69. The van der Waals surface area contributed by atoms with Crippen LogP contribution in [0.2, 0.25) is 0 Å². The van der Waals surface area contributed by atoms with Crippen molar-refractivity contribution in [2.75, 3.05) is 11.5 Å². The lowest BCUT2D eigenvalue weighted by Crippen LogP contribution is -2.29. The standard InChI is InChI=1S/C29H26N2O5/c1-4-18-5-9-20(10-6-18)31-26(19-7-11-21(12-8-19)35-15-24(30)32)25-27(33)22-13-16(2)17(3)14-23(22)36-28(25)29(31)34/h5-14,26H,4,15H2,1-3H3,(H2,30,32). The molecular formula is C29H26N2O5. The number of primary amides is 1. The van der Waals surface area contributed by atoms with Crippen molar-refractivity contribution < 1.29 is 18.7 Å². The maximum absolute atomic E-state index is 13.8. The average molecular weight is 483 g/mol. The van der Waals surface area contributed by atoms with Crippen molar-refractivity contribution in [2.45, 2.75) is 33.2 Å². The molecule has 1 atom stereocenters. The summed E-state index contributed by atoms with van der Waals surface area (Å²) in [5.74, 6) is -0.441. The van der Waals surface area contributed by atoms with Crippen LogP contribution < -0.4 is 20.8 Å². The number of rotatable bonds is 6. The molecule has 182 valence electrons. The largest absolute Gasteiger partial charge is 0.484 e. The molecule has 0 fully saturated rings. The van der Waals surface area contributed by atoms with E-state index >= 15 is 0 Å². The van der Waals surface area contributed by atoms with Crippen molar-refractivity contribution in [2.24, 2.45) is 5.73 Å². The second-order valence-electron chi connectivity index (χ2n) is 9.03. The number of aryl methyl sites for hydroxylation is 3. The van der Waals surface area contributed by atoms with Gasteiger partial charge >= 0.3 is 0 Å². The summed E-state index contributed by atoms with van der Waals surface area (Å²) in [5.41, 5.74) is 10.1. The molecule has 0 spiro atoms. The number of nitrogens with two attached hydrogens (primary N) is 1. The van der Waals surface area contributed by atoms with E-state index in [9.17, 15) is 14.4 Å². The van der Waals surface area contributed by atoms with Crippen LogP contribution in [0.3, 0.4) is 0 Å². The number of carbonyl (C=O) groups is 2. The van der Waals surface area contributed by atoms with Crippen LogP contribution in [0.4, 0.5) is 5.69 Å². The van der Waals surface area contributed by atoms with Crippen molar-refractivity contribution in [3.05, 3.63) is 104 Å². The minimum absolute atomic E-state index is 0.0503. The lowest BCUT2D eigenvalue weighted by molar-refractivity contribution is -0.119. The Hall–Kier alpha value is -4.39. The molecule has 2 amide bonds. The Labute approximate surface area is 208 Å². The van der Waals surface area contributed by atoms with Gasteiger partial charge in [-0.05, 0) is 78.9 Å². The van der Waals surface area contributed by atoms with E-state index in [4.69, 9.17) is 14.9 Å².